The average Bonchev–Trinajstić information content (AvgIpc) is 2.52. The van der Waals surface area contributed by atoms with Gasteiger partial charge in [-0.1, -0.05) is 0 Å². The first kappa shape index (κ1) is 25.6. The monoisotopic (exact) mass is 386 g/mol. The molecule has 0 spiro atoms. The summed E-state index contributed by atoms with van der Waals surface area (Å²) in [6.07, 6.45) is 3.68. The Morgan fingerprint density at radius 3 is 2.08 bits per heavy atom. The minimum Gasteiger partial charge on any atom is -0.520 e. The number of hydrogen-bond donors (Lipinski definition) is 5. The molecule has 0 aliphatic rings. The van der Waals surface area contributed by atoms with Crippen LogP contribution in [0.25, 0.3) is 0 Å². The van der Waals surface area contributed by atoms with Crippen molar-refractivity contribution in [1.29, 1.82) is 0 Å². The van der Waals surface area contributed by atoms with Gasteiger partial charge in [-0.15, -0.1) is 0 Å². The fraction of sp³-hybridized carbons (Fsp3) is 0.583. The first-order valence-corrected chi connectivity index (χ1v) is 7.94. The van der Waals surface area contributed by atoms with Crippen molar-refractivity contribution in [3.63, 3.8) is 0 Å². The van der Waals surface area contributed by atoms with Gasteiger partial charge in [-0.25, -0.2) is 0 Å². The minimum absolute atomic E-state index is 0. The van der Waals surface area contributed by atoms with E-state index in [4.69, 9.17) is 5.11 Å². The fourth-order valence-corrected chi connectivity index (χ4v) is 1.82. The van der Waals surface area contributed by atoms with E-state index in [1.807, 2.05) is 6.26 Å². The van der Waals surface area contributed by atoms with E-state index in [0.29, 0.717) is 12.2 Å². The van der Waals surface area contributed by atoms with E-state index in [2.05, 4.69) is 21.3 Å². The van der Waals surface area contributed by atoms with Crippen LogP contribution in [0.15, 0.2) is 0 Å². The van der Waals surface area contributed by atoms with Crippen molar-refractivity contribution in [2.45, 2.75) is 12.5 Å². The van der Waals surface area contributed by atoms with Crippen molar-refractivity contribution in [3.8, 4) is 0 Å². The van der Waals surface area contributed by atoms with Gasteiger partial charge in [0.05, 0.1) is 19.1 Å². The van der Waals surface area contributed by atoms with Crippen molar-refractivity contribution in [1.82, 2.24) is 21.3 Å². The molecule has 12 heteroatoms. The zero-order chi connectivity index (χ0) is 17.7. The molecule has 0 bridgehead atoms. The predicted molar refractivity (Wildman–Crippen MR) is 82.3 cm³/mol. The Bertz CT molecular complexity index is 451. The van der Waals surface area contributed by atoms with Crippen molar-refractivity contribution >= 4 is 41.9 Å². The maximum atomic E-state index is 11.8. The molecule has 0 fully saturated rings. The second kappa shape index (κ2) is 15.8. The van der Waals surface area contributed by atoms with Gasteiger partial charge in [0.25, 0.3) is 0 Å². The Morgan fingerprint density at radius 1 is 1.04 bits per heavy atom. The van der Waals surface area contributed by atoms with Crippen LogP contribution in [0.2, 0.25) is 0 Å². The Labute approximate surface area is 186 Å². The van der Waals surface area contributed by atoms with Crippen molar-refractivity contribution in [2.75, 3.05) is 31.6 Å². The quantitative estimate of drug-likeness (QED) is 0.127. The summed E-state index contributed by atoms with van der Waals surface area (Å²) in [7, 11) is 0. The summed E-state index contributed by atoms with van der Waals surface area (Å²) in [5, 5.41) is 17.2. The van der Waals surface area contributed by atoms with E-state index >= 15 is 0 Å². The molecule has 0 aromatic rings. The standard InChI is InChI=1S/C12H19N4O6S.K/c1-23-3-2-8(16-7-17)12(22)15-5-10(19)13-4-9(18)14-6-11(20)21;/h8H,2-6H2,1H3,(H,13,19)(H,14,18)(H,15,22)(H,16,17)(H,20,21);/q-1;+1. The second-order valence-corrected chi connectivity index (χ2v) is 5.23. The van der Waals surface area contributed by atoms with Gasteiger partial charge < -0.3 is 31.2 Å². The summed E-state index contributed by atoms with van der Waals surface area (Å²) in [5.41, 5.74) is 0. The van der Waals surface area contributed by atoms with Crippen LogP contribution in [-0.2, 0) is 24.0 Å². The second-order valence-electron chi connectivity index (χ2n) is 4.25. The van der Waals surface area contributed by atoms with Crippen LogP contribution in [0.1, 0.15) is 6.42 Å². The number of carboxylic acid groups (broad SMARTS) is 1. The van der Waals surface area contributed by atoms with Crippen LogP contribution in [0.4, 0.5) is 0 Å². The number of thioether (sulfide) groups is 1. The third kappa shape index (κ3) is 13.7. The third-order valence-corrected chi connectivity index (χ3v) is 3.11. The van der Waals surface area contributed by atoms with Crippen molar-refractivity contribution in [3.05, 3.63) is 0 Å². The van der Waals surface area contributed by atoms with Gasteiger partial charge in [-0.05, 0) is 18.4 Å². The Kier molecular flexibility index (Phi) is 16.9. The molecule has 0 radical (unpaired) electrons. The predicted octanol–water partition coefficient (Wildman–Crippen LogP) is -5.80. The molecule has 0 rings (SSSR count). The molecule has 5 N–H and O–H groups in total. The molecule has 10 nitrogen and oxygen atoms in total. The molecule has 130 valence electrons. The first-order valence-electron chi connectivity index (χ1n) is 6.55. The molecule has 24 heavy (non-hydrogen) atoms. The number of nitrogens with one attached hydrogen (secondary N) is 4. The van der Waals surface area contributed by atoms with Crippen LogP contribution in [0, 0.1) is 0 Å². The Morgan fingerprint density at radius 2 is 1.58 bits per heavy atom. The molecule has 0 aliphatic heterocycles. The smallest absolute Gasteiger partial charge is 0.520 e. The molecular weight excluding hydrogens is 367 g/mol. The van der Waals surface area contributed by atoms with Gasteiger partial charge in [0.1, 0.15) is 6.54 Å². The number of carbonyl (C=O) groups excluding carboxylic acids is 4. The van der Waals surface area contributed by atoms with Crippen LogP contribution in [-0.4, -0.2) is 72.9 Å². The fourth-order valence-electron chi connectivity index (χ4n) is 1.34. The molecular formula is C12H19KN4O6S. The topological polar surface area (TPSA) is 154 Å². The molecule has 4 amide bonds. The maximum Gasteiger partial charge on any atom is 1.00 e. The molecule has 1 unspecified atom stereocenters. The molecule has 0 saturated heterocycles. The van der Waals surface area contributed by atoms with Gasteiger partial charge in [0, 0.05) is 0 Å². The molecule has 0 aromatic carbocycles. The van der Waals surface area contributed by atoms with Crippen molar-refractivity contribution < 1.29 is 80.5 Å². The summed E-state index contributed by atoms with van der Waals surface area (Å²) in [6.45, 7) is -1.32. The zero-order valence-electron chi connectivity index (χ0n) is 13.5. The number of hydrogen-bond acceptors (Lipinski definition) is 6. The maximum absolute atomic E-state index is 11.8. The van der Waals surface area contributed by atoms with Gasteiger partial charge in [0.15, 0.2) is 0 Å². The normalized spacial score (nSPS) is 10.5. The Balaban J connectivity index is 0. The summed E-state index contributed by atoms with van der Waals surface area (Å²) >= 11 is 1.50. The number of rotatable bonds is 12. The number of amides is 4. The van der Waals surface area contributed by atoms with E-state index < -0.39 is 42.8 Å². The largest absolute Gasteiger partial charge is 1.00 e. The Hall–Kier alpha value is -0.664. The van der Waals surface area contributed by atoms with Crippen LogP contribution >= 0.6 is 11.8 Å². The molecule has 0 aromatic heterocycles. The van der Waals surface area contributed by atoms with E-state index in [-0.39, 0.29) is 57.9 Å². The molecule has 0 saturated carbocycles. The van der Waals surface area contributed by atoms with Crippen LogP contribution < -0.4 is 72.7 Å². The first-order chi connectivity index (χ1) is 10.9. The summed E-state index contributed by atoms with van der Waals surface area (Å²) < 4.78 is 0. The zero-order valence-corrected chi connectivity index (χ0v) is 17.4. The average molecular weight is 386 g/mol. The summed E-state index contributed by atoms with van der Waals surface area (Å²) in [4.78, 5) is 54.9. The number of carboxylic acids is 1. The molecule has 0 heterocycles. The van der Waals surface area contributed by atoms with Gasteiger partial charge in [-0.2, -0.15) is 18.2 Å². The van der Waals surface area contributed by atoms with E-state index in [9.17, 15) is 24.0 Å². The third-order valence-electron chi connectivity index (χ3n) is 2.47. The van der Waals surface area contributed by atoms with Gasteiger partial charge in [-0.3, -0.25) is 19.2 Å². The van der Waals surface area contributed by atoms with Gasteiger partial charge >= 0.3 is 57.4 Å². The van der Waals surface area contributed by atoms with E-state index in [0.717, 1.165) is 0 Å². The van der Waals surface area contributed by atoms with Crippen LogP contribution in [0.5, 0.6) is 0 Å². The summed E-state index contributed by atoms with van der Waals surface area (Å²) in [5.74, 6) is -2.38. The van der Waals surface area contributed by atoms with E-state index in [1.54, 1.807) is 0 Å². The number of aliphatic carboxylic acids is 1. The molecule has 0 aliphatic carbocycles. The van der Waals surface area contributed by atoms with Crippen molar-refractivity contribution in [2.24, 2.45) is 0 Å². The summed E-state index contributed by atoms with van der Waals surface area (Å²) in [6, 6.07) is -0.786. The molecule has 1 atom stereocenters. The van der Waals surface area contributed by atoms with Crippen LogP contribution in [0.3, 0.4) is 0 Å². The van der Waals surface area contributed by atoms with Gasteiger partial charge in [0.2, 0.25) is 17.7 Å². The van der Waals surface area contributed by atoms with E-state index in [1.165, 1.54) is 18.2 Å². The minimum atomic E-state index is -1.20. The number of carbonyl (C=O) groups is 4. The SMILES string of the molecule is CSCCC(N[C-]=O)C(=O)NCC(=O)NCC(=O)NCC(=O)O.[K+].